The fourth-order valence-corrected chi connectivity index (χ4v) is 2.66. The standard InChI is InChI=1S/C16H14Cl2FN5O/c1-2-23-7-6-14(21-23)16(25)20-15-12(18)9-24(22-15)8-10-11(17)4-3-5-13(10)19/h3-7,9H,2,8H2,1H3,(H,20,22,25). The number of rotatable bonds is 5. The van der Waals surface area contributed by atoms with E-state index in [1.165, 1.54) is 23.0 Å². The number of aryl methyl sites for hydroxylation is 1. The van der Waals surface area contributed by atoms with Crippen LogP contribution in [0.2, 0.25) is 10.0 Å². The zero-order valence-corrected chi connectivity index (χ0v) is 14.7. The molecule has 9 heteroatoms. The van der Waals surface area contributed by atoms with E-state index in [1.807, 2.05) is 6.92 Å². The first-order valence-corrected chi connectivity index (χ1v) is 8.24. The molecular formula is C16H14Cl2FN5O. The number of aromatic nitrogens is 4. The molecule has 3 rings (SSSR count). The molecule has 0 unspecified atom stereocenters. The van der Waals surface area contributed by atoms with E-state index in [2.05, 4.69) is 15.5 Å². The smallest absolute Gasteiger partial charge is 0.277 e. The summed E-state index contributed by atoms with van der Waals surface area (Å²) < 4.78 is 16.9. The van der Waals surface area contributed by atoms with E-state index in [-0.39, 0.29) is 23.1 Å². The molecule has 0 fully saturated rings. The molecule has 6 nitrogen and oxygen atoms in total. The molecule has 1 aromatic carbocycles. The Morgan fingerprint density at radius 3 is 2.68 bits per heavy atom. The zero-order valence-electron chi connectivity index (χ0n) is 13.2. The highest BCUT2D eigenvalue weighted by Crippen LogP contribution is 2.24. The minimum atomic E-state index is -0.435. The van der Waals surface area contributed by atoms with Crippen LogP contribution in [0.5, 0.6) is 0 Å². The maximum Gasteiger partial charge on any atom is 0.277 e. The SMILES string of the molecule is CCn1ccc(C(=O)Nc2nn(Cc3c(F)cccc3Cl)cc2Cl)n1. The Hall–Kier alpha value is -2.38. The van der Waals surface area contributed by atoms with Crippen molar-refractivity contribution < 1.29 is 9.18 Å². The fourth-order valence-electron chi connectivity index (χ4n) is 2.24. The number of carbonyl (C=O) groups is 1. The van der Waals surface area contributed by atoms with Gasteiger partial charge in [-0.05, 0) is 25.1 Å². The Morgan fingerprint density at radius 1 is 1.20 bits per heavy atom. The molecule has 0 aliphatic heterocycles. The Morgan fingerprint density at radius 2 is 2.00 bits per heavy atom. The van der Waals surface area contributed by atoms with Gasteiger partial charge in [0.25, 0.3) is 5.91 Å². The van der Waals surface area contributed by atoms with Gasteiger partial charge >= 0.3 is 0 Å². The lowest BCUT2D eigenvalue weighted by Gasteiger charge is -2.05. The summed E-state index contributed by atoms with van der Waals surface area (Å²) >= 11 is 12.1. The van der Waals surface area contributed by atoms with Crippen LogP contribution in [-0.4, -0.2) is 25.5 Å². The summed E-state index contributed by atoms with van der Waals surface area (Å²) in [6.45, 7) is 2.67. The predicted octanol–water partition coefficient (Wildman–Crippen LogP) is 3.85. The third kappa shape index (κ3) is 3.83. The van der Waals surface area contributed by atoms with Crippen LogP contribution in [0.15, 0.2) is 36.7 Å². The molecule has 3 aromatic rings. The number of amides is 1. The van der Waals surface area contributed by atoms with Crippen LogP contribution in [-0.2, 0) is 13.1 Å². The second-order valence-corrected chi connectivity index (χ2v) is 6.05. The van der Waals surface area contributed by atoms with Crippen LogP contribution in [0.3, 0.4) is 0 Å². The highest BCUT2D eigenvalue weighted by molar-refractivity contribution is 6.33. The number of hydrogen-bond acceptors (Lipinski definition) is 3. The normalized spacial score (nSPS) is 10.9. The summed E-state index contributed by atoms with van der Waals surface area (Å²) in [6, 6.07) is 6.04. The van der Waals surface area contributed by atoms with Gasteiger partial charge in [-0.25, -0.2) is 4.39 Å². The molecule has 0 saturated heterocycles. The van der Waals surface area contributed by atoms with Gasteiger partial charge in [0.15, 0.2) is 11.5 Å². The first-order valence-electron chi connectivity index (χ1n) is 7.48. The molecule has 0 aliphatic carbocycles. The first kappa shape index (κ1) is 17.4. The van der Waals surface area contributed by atoms with Crippen molar-refractivity contribution in [1.29, 1.82) is 0 Å². The molecule has 0 atom stereocenters. The van der Waals surface area contributed by atoms with Crippen molar-refractivity contribution in [1.82, 2.24) is 19.6 Å². The molecule has 130 valence electrons. The lowest BCUT2D eigenvalue weighted by Crippen LogP contribution is -2.14. The van der Waals surface area contributed by atoms with Gasteiger partial charge in [-0.3, -0.25) is 14.2 Å². The van der Waals surface area contributed by atoms with Crippen molar-refractivity contribution in [3.8, 4) is 0 Å². The number of hydrogen-bond donors (Lipinski definition) is 1. The van der Waals surface area contributed by atoms with E-state index in [0.717, 1.165) is 0 Å². The minimum absolute atomic E-state index is 0.0888. The van der Waals surface area contributed by atoms with Crippen LogP contribution in [0.1, 0.15) is 23.0 Å². The van der Waals surface area contributed by atoms with Crippen molar-refractivity contribution in [3.05, 3.63) is 63.8 Å². The average molecular weight is 382 g/mol. The Bertz CT molecular complexity index is 901. The number of anilines is 1. The molecule has 1 amide bonds. The summed E-state index contributed by atoms with van der Waals surface area (Å²) in [7, 11) is 0. The van der Waals surface area contributed by atoms with E-state index in [0.29, 0.717) is 17.1 Å². The van der Waals surface area contributed by atoms with Gasteiger partial charge < -0.3 is 5.32 Å². The van der Waals surface area contributed by atoms with E-state index < -0.39 is 11.7 Å². The van der Waals surface area contributed by atoms with Crippen molar-refractivity contribution in [2.45, 2.75) is 20.0 Å². The number of halogens is 3. The zero-order chi connectivity index (χ0) is 18.0. The largest absolute Gasteiger partial charge is 0.302 e. The summed E-state index contributed by atoms with van der Waals surface area (Å²) in [6.07, 6.45) is 3.19. The van der Waals surface area contributed by atoms with Crippen LogP contribution >= 0.6 is 23.2 Å². The number of nitrogens with one attached hydrogen (secondary N) is 1. The van der Waals surface area contributed by atoms with Gasteiger partial charge in [0.2, 0.25) is 0 Å². The molecule has 2 aromatic heterocycles. The Kier molecular flexibility index (Phi) is 5.06. The van der Waals surface area contributed by atoms with Crippen molar-refractivity contribution in [2.24, 2.45) is 0 Å². The summed E-state index contributed by atoms with van der Waals surface area (Å²) in [5.74, 6) is -0.691. The second-order valence-electron chi connectivity index (χ2n) is 5.23. The Balaban J connectivity index is 1.77. The minimum Gasteiger partial charge on any atom is -0.302 e. The lowest BCUT2D eigenvalue weighted by molar-refractivity contribution is 0.102. The quantitative estimate of drug-likeness (QED) is 0.729. The van der Waals surface area contributed by atoms with Crippen LogP contribution in [0.4, 0.5) is 10.2 Å². The molecule has 0 spiro atoms. The third-order valence-electron chi connectivity index (χ3n) is 3.53. The topological polar surface area (TPSA) is 64.7 Å². The molecular weight excluding hydrogens is 368 g/mol. The molecule has 1 N–H and O–H groups in total. The molecule has 25 heavy (non-hydrogen) atoms. The molecule has 2 heterocycles. The van der Waals surface area contributed by atoms with Gasteiger partial charge in [-0.15, -0.1) is 0 Å². The Labute approximate surface area is 153 Å². The van der Waals surface area contributed by atoms with Gasteiger partial charge in [-0.2, -0.15) is 10.2 Å². The molecule has 0 radical (unpaired) electrons. The third-order valence-corrected chi connectivity index (χ3v) is 4.16. The molecule has 0 saturated carbocycles. The number of carbonyl (C=O) groups excluding carboxylic acids is 1. The second kappa shape index (κ2) is 7.25. The maximum atomic E-state index is 13.9. The first-order chi connectivity index (χ1) is 12.0. The van der Waals surface area contributed by atoms with Crippen molar-refractivity contribution in [3.63, 3.8) is 0 Å². The van der Waals surface area contributed by atoms with Crippen molar-refractivity contribution >= 4 is 34.9 Å². The van der Waals surface area contributed by atoms with Gasteiger partial charge in [-0.1, -0.05) is 29.3 Å². The summed E-state index contributed by atoms with van der Waals surface area (Å²) in [5, 5.41) is 11.4. The average Bonchev–Trinajstić information content (AvgIpc) is 3.18. The van der Waals surface area contributed by atoms with Crippen LogP contribution in [0, 0.1) is 5.82 Å². The van der Waals surface area contributed by atoms with E-state index in [9.17, 15) is 9.18 Å². The fraction of sp³-hybridized carbons (Fsp3) is 0.188. The van der Waals surface area contributed by atoms with E-state index >= 15 is 0 Å². The van der Waals surface area contributed by atoms with Gasteiger partial charge in [0.05, 0.1) is 6.54 Å². The monoisotopic (exact) mass is 381 g/mol. The summed E-state index contributed by atoms with van der Waals surface area (Å²) in [5.41, 5.74) is 0.549. The highest BCUT2D eigenvalue weighted by atomic mass is 35.5. The van der Waals surface area contributed by atoms with Crippen LogP contribution in [0.25, 0.3) is 0 Å². The summed E-state index contributed by atoms with van der Waals surface area (Å²) in [4.78, 5) is 12.2. The van der Waals surface area contributed by atoms with Crippen LogP contribution < -0.4 is 5.32 Å². The number of benzene rings is 1. The van der Waals surface area contributed by atoms with E-state index in [1.54, 1.807) is 23.0 Å². The van der Waals surface area contributed by atoms with Gasteiger partial charge in [0.1, 0.15) is 10.8 Å². The highest BCUT2D eigenvalue weighted by Gasteiger charge is 2.16. The van der Waals surface area contributed by atoms with Crippen molar-refractivity contribution in [2.75, 3.05) is 5.32 Å². The molecule has 0 aliphatic rings. The predicted molar refractivity (Wildman–Crippen MR) is 93.6 cm³/mol. The van der Waals surface area contributed by atoms with E-state index in [4.69, 9.17) is 23.2 Å². The number of nitrogens with zero attached hydrogens (tertiary/aromatic N) is 4. The lowest BCUT2D eigenvalue weighted by atomic mass is 10.2. The van der Waals surface area contributed by atoms with Gasteiger partial charge in [0, 0.05) is 29.5 Å². The molecule has 0 bridgehead atoms. The maximum absolute atomic E-state index is 13.9.